The van der Waals surface area contributed by atoms with Crippen LogP contribution >= 0.6 is 22.9 Å². The molecule has 1 saturated heterocycles. The summed E-state index contributed by atoms with van der Waals surface area (Å²) in [6.45, 7) is 9.96. The zero-order chi connectivity index (χ0) is 26.5. The first-order valence-corrected chi connectivity index (χ1v) is 14.4. The molecule has 7 nitrogen and oxygen atoms in total. The van der Waals surface area contributed by atoms with Crippen LogP contribution in [-0.4, -0.2) is 62.1 Å². The van der Waals surface area contributed by atoms with Gasteiger partial charge in [0.15, 0.2) is 0 Å². The van der Waals surface area contributed by atoms with Gasteiger partial charge >= 0.3 is 0 Å². The summed E-state index contributed by atoms with van der Waals surface area (Å²) < 4.78 is 1.79. The van der Waals surface area contributed by atoms with Crippen molar-refractivity contribution in [2.75, 3.05) is 19.6 Å². The Balaban J connectivity index is 1.48. The van der Waals surface area contributed by atoms with Crippen molar-refractivity contribution in [2.24, 2.45) is 0 Å². The number of carbonyl (C=O) groups excluding carboxylic acids is 2. The lowest BCUT2D eigenvalue weighted by molar-refractivity contribution is -0.135. The topological polar surface area (TPSA) is 71.3 Å². The highest BCUT2D eigenvalue weighted by atomic mass is 35.5. The normalized spacial score (nSPS) is 16.0. The Labute approximate surface area is 228 Å². The number of halogens is 1. The molecule has 0 N–H and O–H groups in total. The molecule has 4 rings (SSSR count). The van der Waals surface area contributed by atoms with Crippen molar-refractivity contribution in [1.82, 2.24) is 24.6 Å². The molecular weight excluding hydrogens is 506 g/mol. The average Bonchev–Trinajstić information content (AvgIpc) is 3.54. The molecule has 198 valence electrons. The van der Waals surface area contributed by atoms with E-state index in [1.165, 1.54) is 17.8 Å². The van der Waals surface area contributed by atoms with E-state index in [0.29, 0.717) is 36.6 Å². The molecule has 3 heterocycles. The Morgan fingerprint density at radius 3 is 2.57 bits per heavy atom. The molecule has 1 aliphatic rings. The number of benzene rings is 1. The quantitative estimate of drug-likeness (QED) is 0.293. The van der Waals surface area contributed by atoms with Crippen LogP contribution in [0.1, 0.15) is 81.8 Å². The zero-order valence-electron chi connectivity index (χ0n) is 22.1. The maximum absolute atomic E-state index is 13.6. The summed E-state index contributed by atoms with van der Waals surface area (Å²) in [6.07, 6.45) is 6.61. The molecule has 0 spiro atoms. The summed E-state index contributed by atoms with van der Waals surface area (Å²) in [5.41, 5.74) is 3.28. The number of hydrogen-bond acceptors (Lipinski definition) is 5. The number of piperazine rings is 1. The molecule has 2 amide bonds. The lowest BCUT2D eigenvalue weighted by Crippen LogP contribution is -2.55. The number of thiazole rings is 1. The molecule has 1 aliphatic heterocycles. The second-order valence-corrected chi connectivity index (χ2v) is 11.3. The Morgan fingerprint density at radius 2 is 1.89 bits per heavy atom. The molecule has 0 aliphatic carbocycles. The number of unbranched alkanes of at least 4 members (excludes halogenated alkanes) is 3. The van der Waals surface area contributed by atoms with Crippen LogP contribution in [0.4, 0.5) is 0 Å². The van der Waals surface area contributed by atoms with E-state index >= 15 is 0 Å². The fourth-order valence-corrected chi connectivity index (χ4v) is 5.80. The van der Waals surface area contributed by atoms with E-state index in [4.69, 9.17) is 16.6 Å². The van der Waals surface area contributed by atoms with E-state index in [9.17, 15) is 9.59 Å². The number of rotatable bonds is 9. The molecule has 1 atom stereocenters. The van der Waals surface area contributed by atoms with Gasteiger partial charge in [-0.15, -0.1) is 11.3 Å². The van der Waals surface area contributed by atoms with Crippen LogP contribution in [0.25, 0.3) is 16.4 Å². The first-order valence-electron chi connectivity index (χ1n) is 13.2. The summed E-state index contributed by atoms with van der Waals surface area (Å²) in [5.74, 6) is 0.241. The van der Waals surface area contributed by atoms with Gasteiger partial charge in [0, 0.05) is 48.1 Å². The van der Waals surface area contributed by atoms with Gasteiger partial charge in [-0.05, 0) is 31.4 Å². The molecule has 0 saturated carbocycles. The molecule has 1 aromatic carbocycles. The van der Waals surface area contributed by atoms with E-state index in [-0.39, 0.29) is 23.8 Å². The Bertz CT molecular complexity index is 1220. The molecule has 0 radical (unpaired) electrons. The van der Waals surface area contributed by atoms with Crippen LogP contribution in [0.2, 0.25) is 5.02 Å². The Kier molecular flexibility index (Phi) is 9.03. The highest BCUT2D eigenvalue weighted by Gasteiger charge is 2.32. The monoisotopic (exact) mass is 541 g/mol. The SMILES string of the molecule is CCCCCCC(=O)N1CCN(C(=O)c2cnn(-c3nc(-c4ccc(Cl)cc4)cs3)c2C(C)C)CC1C. The van der Waals surface area contributed by atoms with Gasteiger partial charge in [0.25, 0.3) is 5.91 Å². The van der Waals surface area contributed by atoms with E-state index < -0.39 is 0 Å². The largest absolute Gasteiger partial charge is 0.336 e. The Morgan fingerprint density at radius 1 is 1.14 bits per heavy atom. The predicted octanol–water partition coefficient (Wildman–Crippen LogP) is 6.42. The number of hydrogen-bond donors (Lipinski definition) is 0. The van der Waals surface area contributed by atoms with Crippen molar-refractivity contribution in [3.05, 3.63) is 52.1 Å². The van der Waals surface area contributed by atoms with E-state index in [0.717, 1.165) is 41.3 Å². The minimum absolute atomic E-state index is 0.00480. The molecular formula is C28H36ClN5O2S. The van der Waals surface area contributed by atoms with Crippen molar-refractivity contribution in [3.63, 3.8) is 0 Å². The first kappa shape index (κ1) is 27.3. The summed E-state index contributed by atoms with van der Waals surface area (Å²) in [7, 11) is 0. The fraction of sp³-hybridized carbons (Fsp3) is 0.500. The second kappa shape index (κ2) is 12.2. The van der Waals surface area contributed by atoms with E-state index in [1.807, 2.05) is 46.4 Å². The maximum atomic E-state index is 13.6. The first-order chi connectivity index (χ1) is 17.8. The molecule has 1 fully saturated rings. The third-order valence-electron chi connectivity index (χ3n) is 6.88. The predicted molar refractivity (Wildman–Crippen MR) is 150 cm³/mol. The lowest BCUT2D eigenvalue weighted by Gasteiger charge is -2.40. The van der Waals surface area contributed by atoms with Gasteiger partial charge in [-0.2, -0.15) is 5.10 Å². The van der Waals surface area contributed by atoms with Gasteiger partial charge in [-0.1, -0.05) is 63.8 Å². The van der Waals surface area contributed by atoms with Crippen molar-refractivity contribution < 1.29 is 9.59 Å². The maximum Gasteiger partial charge on any atom is 0.257 e. The third kappa shape index (κ3) is 6.24. The van der Waals surface area contributed by atoms with Crippen LogP contribution in [0, 0.1) is 0 Å². The highest BCUT2D eigenvalue weighted by Crippen LogP contribution is 2.30. The summed E-state index contributed by atoms with van der Waals surface area (Å²) >= 11 is 7.52. The molecule has 9 heteroatoms. The van der Waals surface area contributed by atoms with Crippen LogP contribution in [-0.2, 0) is 4.79 Å². The number of nitrogens with zero attached hydrogens (tertiary/aromatic N) is 5. The minimum Gasteiger partial charge on any atom is -0.336 e. The van der Waals surface area contributed by atoms with Gasteiger partial charge in [0.05, 0.1) is 23.1 Å². The van der Waals surface area contributed by atoms with Gasteiger partial charge in [0.1, 0.15) is 0 Å². The number of amides is 2. The smallest absolute Gasteiger partial charge is 0.257 e. The minimum atomic E-state index is -0.0358. The standard InChI is InChI=1S/C28H36ClN5O2S/c1-5-6-7-8-9-25(35)33-15-14-32(17-20(33)4)27(36)23-16-30-34(26(23)19(2)3)28-31-24(18-37-28)21-10-12-22(29)13-11-21/h10-13,16,18-20H,5-9,14-15,17H2,1-4H3. The average molecular weight is 542 g/mol. The van der Waals surface area contributed by atoms with Gasteiger partial charge < -0.3 is 9.80 Å². The van der Waals surface area contributed by atoms with E-state index in [1.54, 1.807) is 10.9 Å². The van der Waals surface area contributed by atoms with Crippen molar-refractivity contribution in [2.45, 2.75) is 71.8 Å². The van der Waals surface area contributed by atoms with Crippen molar-refractivity contribution in [3.8, 4) is 16.4 Å². The molecule has 37 heavy (non-hydrogen) atoms. The number of carbonyl (C=O) groups is 2. The van der Waals surface area contributed by atoms with Crippen LogP contribution in [0.15, 0.2) is 35.8 Å². The second-order valence-electron chi connectivity index (χ2n) is 10.0. The van der Waals surface area contributed by atoms with Gasteiger partial charge in [-0.25, -0.2) is 9.67 Å². The molecule has 3 aromatic rings. The Hall–Kier alpha value is -2.71. The molecule has 0 bridgehead atoms. The summed E-state index contributed by atoms with van der Waals surface area (Å²) in [4.78, 5) is 35.0. The third-order valence-corrected chi connectivity index (χ3v) is 7.94. The molecule has 2 aromatic heterocycles. The van der Waals surface area contributed by atoms with Crippen LogP contribution in [0.5, 0.6) is 0 Å². The van der Waals surface area contributed by atoms with Crippen molar-refractivity contribution >= 4 is 34.8 Å². The van der Waals surface area contributed by atoms with Gasteiger partial charge in [-0.3, -0.25) is 9.59 Å². The van der Waals surface area contributed by atoms with Crippen molar-refractivity contribution in [1.29, 1.82) is 0 Å². The van der Waals surface area contributed by atoms with Gasteiger partial charge in [0.2, 0.25) is 11.0 Å². The van der Waals surface area contributed by atoms with Crippen LogP contribution < -0.4 is 0 Å². The zero-order valence-corrected chi connectivity index (χ0v) is 23.7. The lowest BCUT2D eigenvalue weighted by atomic mass is 10.0. The fourth-order valence-electron chi connectivity index (χ4n) is 4.88. The number of aromatic nitrogens is 3. The van der Waals surface area contributed by atoms with Crippen LogP contribution in [0.3, 0.4) is 0 Å². The summed E-state index contributed by atoms with van der Waals surface area (Å²) in [5, 5.41) is 7.98. The molecule has 1 unspecified atom stereocenters. The van der Waals surface area contributed by atoms with E-state index in [2.05, 4.69) is 25.9 Å². The highest BCUT2D eigenvalue weighted by molar-refractivity contribution is 7.12. The summed E-state index contributed by atoms with van der Waals surface area (Å²) in [6, 6.07) is 7.58.